The fraction of sp³-hybridized carbons (Fsp3) is 0.300. The fourth-order valence-electron chi connectivity index (χ4n) is 1.43. The van der Waals surface area contributed by atoms with Crippen LogP contribution in [0, 0.1) is 0 Å². The molecule has 2 rings (SSSR count). The van der Waals surface area contributed by atoms with Crippen molar-refractivity contribution < 1.29 is 9.52 Å². The van der Waals surface area contributed by atoms with Gasteiger partial charge in [-0.2, -0.15) is 0 Å². The quantitative estimate of drug-likeness (QED) is 0.775. The highest BCUT2D eigenvalue weighted by molar-refractivity contribution is 7.16. The van der Waals surface area contributed by atoms with Gasteiger partial charge in [-0.1, -0.05) is 11.3 Å². The Bertz CT molecular complexity index is 562. The van der Waals surface area contributed by atoms with E-state index in [-0.39, 0.29) is 10.7 Å². The Morgan fingerprint density at radius 3 is 2.73 bits per heavy atom. The second-order valence-electron chi connectivity index (χ2n) is 3.99. The van der Waals surface area contributed by atoms with Crippen molar-refractivity contribution in [2.45, 2.75) is 19.4 Å². The van der Waals surface area contributed by atoms with Crippen LogP contribution in [-0.4, -0.2) is 5.11 Å². The van der Waals surface area contributed by atoms with Crippen molar-refractivity contribution in [2.24, 2.45) is 5.73 Å². The van der Waals surface area contributed by atoms with Gasteiger partial charge in [0.2, 0.25) is 0 Å². The molecule has 0 aliphatic carbocycles. The SMILES string of the molecule is CC(C)(N)c1cc2oc(=O)sc2cc1O. The average Bonchev–Trinajstić information content (AvgIpc) is 2.40. The number of phenols is 1. The smallest absolute Gasteiger partial charge is 0.396 e. The molecule has 15 heavy (non-hydrogen) atoms. The number of aromatic hydroxyl groups is 1. The van der Waals surface area contributed by atoms with E-state index in [0.717, 1.165) is 11.3 Å². The summed E-state index contributed by atoms with van der Waals surface area (Å²) in [5, 5.41) is 9.74. The van der Waals surface area contributed by atoms with E-state index in [0.29, 0.717) is 15.8 Å². The molecule has 1 aromatic heterocycles. The summed E-state index contributed by atoms with van der Waals surface area (Å²) in [6.07, 6.45) is 0. The summed E-state index contributed by atoms with van der Waals surface area (Å²) >= 11 is 0.963. The number of phenolic OH excluding ortho intramolecular Hbond substituents is 1. The van der Waals surface area contributed by atoms with Crippen LogP contribution >= 0.6 is 11.3 Å². The molecule has 80 valence electrons. The van der Waals surface area contributed by atoms with Crippen LogP contribution < -0.4 is 10.7 Å². The molecule has 1 heterocycles. The topological polar surface area (TPSA) is 76.5 Å². The maximum Gasteiger partial charge on any atom is 0.396 e. The Hall–Kier alpha value is -1.33. The number of hydrogen-bond acceptors (Lipinski definition) is 5. The lowest BCUT2D eigenvalue weighted by Crippen LogP contribution is -2.28. The molecule has 0 amide bonds. The van der Waals surface area contributed by atoms with Gasteiger partial charge in [0.1, 0.15) is 11.3 Å². The van der Waals surface area contributed by atoms with E-state index >= 15 is 0 Å². The Morgan fingerprint density at radius 2 is 2.13 bits per heavy atom. The van der Waals surface area contributed by atoms with Gasteiger partial charge in [-0.15, -0.1) is 0 Å². The van der Waals surface area contributed by atoms with Crippen molar-refractivity contribution in [3.05, 3.63) is 27.4 Å². The normalized spacial score (nSPS) is 12.2. The molecule has 0 aliphatic rings. The van der Waals surface area contributed by atoms with E-state index < -0.39 is 5.54 Å². The van der Waals surface area contributed by atoms with E-state index in [9.17, 15) is 9.90 Å². The van der Waals surface area contributed by atoms with Crippen molar-refractivity contribution in [3.8, 4) is 5.75 Å². The van der Waals surface area contributed by atoms with E-state index in [1.165, 1.54) is 6.07 Å². The van der Waals surface area contributed by atoms with E-state index in [1.807, 2.05) is 0 Å². The predicted molar refractivity (Wildman–Crippen MR) is 59.2 cm³/mol. The molecule has 0 radical (unpaired) electrons. The molecule has 3 N–H and O–H groups in total. The first kappa shape index (κ1) is 10.2. The lowest BCUT2D eigenvalue weighted by molar-refractivity contribution is 0.440. The van der Waals surface area contributed by atoms with Crippen molar-refractivity contribution in [1.29, 1.82) is 0 Å². The van der Waals surface area contributed by atoms with E-state index in [1.54, 1.807) is 19.9 Å². The molecular weight excluding hydrogens is 214 g/mol. The lowest BCUT2D eigenvalue weighted by Gasteiger charge is -2.19. The Morgan fingerprint density at radius 1 is 1.47 bits per heavy atom. The minimum absolute atomic E-state index is 0.0899. The van der Waals surface area contributed by atoms with Crippen LogP contribution in [0.25, 0.3) is 10.3 Å². The molecule has 0 aliphatic heterocycles. The third-order valence-electron chi connectivity index (χ3n) is 2.14. The molecule has 0 unspecified atom stereocenters. The van der Waals surface area contributed by atoms with Gasteiger partial charge in [-0.3, -0.25) is 0 Å². The zero-order valence-corrected chi connectivity index (χ0v) is 9.22. The molecule has 5 heteroatoms. The van der Waals surface area contributed by atoms with Crippen LogP contribution in [0.4, 0.5) is 0 Å². The first-order valence-electron chi connectivity index (χ1n) is 4.44. The summed E-state index contributed by atoms with van der Waals surface area (Å²) < 4.78 is 5.59. The van der Waals surface area contributed by atoms with Crippen LogP contribution in [-0.2, 0) is 5.54 Å². The average molecular weight is 225 g/mol. The molecule has 1 aromatic carbocycles. The number of rotatable bonds is 1. The maximum absolute atomic E-state index is 11.0. The van der Waals surface area contributed by atoms with Crippen molar-refractivity contribution in [1.82, 2.24) is 0 Å². The first-order valence-corrected chi connectivity index (χ1v) is 5.25. The number of hydrogen-bond donors (Lipinski definition) is 2. The number of nitrogens with two attached hydrogens (primary N) is 1. The molecule has 0 saturated carbocycles. The van der Waals surface area contributed by atoms with Gasteiger partial charge in [-0.25, -0.2) is 4.79 Å². The minimum Gasteiger partial charge on any atom is -0.508 e. The van der Waals surface area contributed by atoms with Crippen molar-refractivity contribution in [2.75, 3.05) is 0 Å². The molecule has 0 atom stereocenters. The van der Waals surface area contributed by atoms with E-state index in [4.69, 9.17) is 10.2 Å². The summed E-state index contributed by atoms with van der Waals surface area (Å²) in [4.78, 5) is 10.6. The Kier molecular flexibility index (Phi) is 2.09. The summed E-state index contributed by atoms with van der Waals surface area (Å²) in [5.41, 5.74) is 6.25. The second kappa shape index (κ2) is 3.08. The lowest BCUT2D eigenvalue weighted by atomic mass is 9.95. The summed E-state index contributed by atoms with van der Waals surface area (Å²) in [6.45, 7) is 3.55. The monoisotopic (exact) mass is 225 g/mol. The Labute approximate surface area is 89.9 Å². The third-order valence-corrected chi connectivity index (χ3v) is 2.93. The Balaban J connectivity index is 2.77. The largest absolute Gasteiger partial charge is 0.508 e. The number of fused-ring (bicyclic) bond motifs is 1. The van der Waals surface area contributed by atoms with Gasteiger partial charge in [0, 0.05) is 17.2 Å². The van der Waals surface area contributed by atoms with Gasteiger partial charge in [0.25, 0.3) is 0 Å². The second-order valence-corrected chi connectivity index (χ2v) is 4.97. The highest BCUT2D eigenvalue weighted by atomic mass is 32.1. The van der Waals surface area contributed by atoms with Crippen LogP contribution in [0.15, 0.2) is 21.3 Å². The molecule has 0 bridgehead atoms. The number of benzene rings is 1. The zero-order chi connectivity index (χ0) is 11.2. The highest BCUT2D eigenvalue weighted by Crippen LogP contribution is 2.32. The molecular formula is C10H11NO3S. The summed E-state index contributed by atoms with van der Waals surface area (Å²) in [5.74, 6) is 0.0899. The summed E-state index contributed by atoms with van der Waals surface area (Å²) in [7, 11) is 0. The maximum atomic E-state index is 11.0. The third kappa shape index (κ3) is 1.75. The standard InChI is InChI=1S/C10H11NO3S/c1-10(2,11)5-3-7-8(4-6(5)12)15-9(13)14-7/h3-4,12H,11H2,1-2H3. The molecule has 4 nitrogen and oxygen atoms in total. The first-order chi connectivity index (χ1) is 6.88. The fourth-order valence-corrected chi connectivity index (χ4v) is 2.11. The van der Waals surface area contributed by atoms with Crippen molar-refractivity contribution >= 4 is 21.6 Å². The van der Waals surface area contributed by atoms with Crippen LogP contribution in [0.1, 0.15) is 19.4 Å². The van der Waals surface area contributed by atoms with E-state index in [2.05, 4.69) is 0 Å². The molecule has 0 spiro atoms. The molecule has 0 fully saturated rings. The van der Waals surface area contributed by atoms with Crippen molar-refractivity contribution in [3.63, 3.8) is 0 Å². The van der Waals surface area contributed by atoms with Gasteiger partial charge < -0.3 is 15.3 Å². The molecule has 0 saturated heterocycles. The van der Waals surface area contributed by atoms with Gasteiger partial charge in [0.05, 0.1) is 4.70 Å². The van der Waals surface area contributed by atoms with Gasteiger partial charge >= 0.3 is 4.94 Å². The molecule has 2 aromatic rings. The van der Waals surface area contributed by atoms with Gasteiger partial charge in [0.15, 0.2) is 0 Å². The zero-order valence-electron chi connectivity index (χ0n) is 8.40. The van der Waals surface area contributed by atoms with Crippen LogP contribution in [0.5, 0.6) is 5.75 Å². The van der Waals surface area contributed by atoms with Crippen LogP contribution in [0.3, 0.4) is 0 Å². The van der Waals surface area contributed by atoms with Gasteiger partial charge in [-0.05, 0) is 19.9 Å². The van der Waals surface area contributed by atoms with Crippen LogP contribution in [0.2, 0.25) is 0 Å². The summed E-state index contributed by atoms with van der Waals surface area (Å²) in [6, 6.07) is 3.12. The predicted octanol–water partition coefficient (Wildman–Crippen LogP) is 1.75. The highest BCUT2D eigenvalue weighted by Gasteiger charge is 2.20. The minimum atomic E-state index is -0.668.